The lowest BCUT2D eigenvalue weighted by Gasteiger charge is -2.04. The van der Waals surface area contributed by atoms with Crippen LogP contribution in [0.25, 0.3) is 10.9 Å². The Kier molecular flexibility index (Phi) is 3.84. The van der Waals surface area contributed by atoms with Crippen LogP contribution < -0.4 is 0 Å². The van der Waals surface area contributed by atoms with Crippen molar-refractivity contribution in [3.05, 3.63) is 33.1 Å². The van der Waals surface area contributed by atoms with Crippen LogP contribution in [0.1, 0.15) is 10.5 Å². The number of halogens is 4. The van der Waals surface area contributed by atoms with Gasteiger partial charge in [0, 0.05) is 9.86 Å². The fraction of sp³-hybridized carbons (Fsp3) is 0.100. The molecular formula is C10H5BrClF2NO2S. The lowest BCUT2D eigenvalue weighted by atomic mass is 10.2. The molecule has 0 aliphatic carbocycles. The molecule has 3 nitrogen and oxygen atoms in total. The van der Waals surface area contributed by atoms with Gasteiger partial charge in [-0.05, 0) is 12.1 Å². The van der Waals surface area contributed by atoms with E-state index in [1.165, 1.54) is 12.1 Å². The first-order valence-corrected chi connectivity index (χ1v) is 6.42. The van der Waals surface area contributed by atoms with Crippen molar-refractivity contribution in [2.24, 2.45) is 0 Å². The summed E-state index contributed by atoms with van der Waals surface area (Å²) in [6, 6.07) is 2.67. The van der Waals surface area contributed by atoms with E-state index >= 15 is 0 Å². The van der Waals surface area contributed by atoms with Crippen LogP contribution in [0.15, 0.2) is 16.6 Å². The van der Waals surface area contributed by atoms with Gasteiger partial charge in [-0.25, -0.2) is 13.2 Å². The minimum atomic E-state index is -0.796. The quantitative estimate of drug-likeness (QED) is 0.592. The number of carbonyl (C=O) groups excluding carboxylic acids is 1. The average molecular weight is 357 g/mol. The fourth-order valence-corrected chi connectivity index (χ4v) is 2.88. The van der Waals surface area contributed by atoms with Crippen molar-refractivity contribution >= 4 is 56.7 Å². The van der Waals surface area contributed by atoms with Gasteiger partial charge in [0.05, 0.1) is 12.1 Å². The zero-order chi connectivity index (χ0) is 13.4. The first-order valence-electron chi connectivity index (χ1n) is 4.57. The Balaban J connectivity index is 2.89. The summed E-state index contributed by atoms with van der Waals surface area (Å²) in [5, 5.41) is 0.168. The molecule has 96 valence electrons. The van der Waals surface area contributed by atoms with Crippen LogP contribution in [0, 0.1) is 5.82 Å². The topological polar surface area (TPSA) is 31.2 Å². The van der Waals surface area contributed by atoms with E-state index in [-0.39, 0.29) is 28.6 Å². The summed E-state index contributed by atoms with van der Waals surface area (Å²) < 4.78 is 32.6. The highest BCUT2D eigenvalue weighted by molar-refractivity contribution is 9.10. The molecule has 0 fully saturated rings. The van der Waals surface area contributed by atoms with E-state index in [2.05, 4.69) is 20.7 Å². The van der Waals surface area contributed by atoms with Crippen molar-refractivity contribution in [1.29, 1.82) is 0 Å². The Morgan fingerprint density at radius 2 is 2.22 bits per heavy atom. The largest absolute Gasteiger partial charge is 0.464 e. The number of aromatic nitrogens is 1. The van der Waals surface area contributed by atoms with E-state index in [1.54, 1.807) is 0 Å². The molecule has 0 aliphatic rings. The predicted octanol–water partition coefficient (Wildman–Crippen LogP) is 4.36. The van der Waals surface area contributed by atoms with Gasteiger partial charge < -0.3 is 4.74 Å². The average Bonchev–Trinajstić information content (AvgIpc) is 2.75. The summed E-state index contributed by atoms with van der Waals surface area (Å²) in [6.07, 6.45) is 0. The monoisotopic (exact) mass is 355 g/mol. The number of carbonyl (C=O) groups is 1. The van der Waals surface area contributed by atoms with E-state index in [0.717, 1.165) is 11.1 Å². The number of methoxy groups -OCH3 is 1. The van der Waals surface area contributed by atoms with Crippen LogP contribution in [0.5, 0.6) is 0 Å². The number of benzene rings is 1. The number of rotatable bonds is 2. The lowest BCUT2D eigenvalue weighted by Crippen LogP contribution is -2.05. The van der Waals surface area contributed by atoms with Crippen LogP contribution in [0.2, 0.25) is 5.02 Å². The van der Waals surface area contributed by atoms with Gasteiger partial charge in [0.2, 0.25) is 0 Å². The Morgan fingerprint density at radius 1 is 1.56 bits per heavy atom. The van der Waals surface area contributed by atoms with Gasteiger partial charge in [0.15, 0.2) is 18.2 Å². The maximum Gasteiger partial charge on any atom is 0.355 e. The summed E-state index contributed by atoms with van der Waals surface area (Å²) in [6.45, 7) is 0. The summed E-state index contributed by atoms with van der Waals surface area (Å²) in [7, 11) is 1.16. The summed E-state index contributed by atoms with van der Waals surface area (Å²) >= 11 is 8.56. The fourth-order valence-electron chi connectivity index (χ4n) is 1.57. The lowest BCUT2D eigenvalue weighted by molar-refractivity contribution is 0.0593. The number of fused-ring (bicyclic) bond motifs is 1. The Bertz CT molecular complexity index is 647. The number of hydrogen-bond donors (Lipinski definition) is 0. The number of hydrogen-bond acceptors (Lipinski definition) is 3. The number of nitrogens with zero attached hydrogens (tertiary/aromatic N) is 1. The molecule has 0 atom stereocenters. The standard InChI is InChI=1S/C10H5BrClF2NO2S/c1-17-10(16)7-2-4-5(11)3-6(12)8(13)9(4)15(7)18-14/h2-3H,1H3. The normalized spacial score (nSPS) is 10.9. The third-order valence-electron chi connectivity index (χ3n) is 2.35. The highest BCUT2D eigenvalue weighted by Gasteiger charge is 2.22. The highest BCUT2D eigenvalue weighted by atomic mass is 79.9. The molecule has 2 aromatic rings. The molecule has 0 N–H and O–H groups in total. The molecular weight excluding hydrogens is 352 g/mol. The Morgan fingerprint density at radius 3 is 2.78 bits per heavy atom. The molecule has 0 amide bonds. The Labute approximate surface area is 119 Å². The van der Waals surface area contributed by atoms with E-state index in [9.17, 15) is 13.1 Å². The van der Waals surface area contributed by atoms with Gasteiger partial charge in [0.25, 0.3) is 0 Å². The SMILES string of the molecule is COC(=O)c1cc2c(Br)cc(Cl)c(F)c2n1SF. The maximum atomic E-state index is 13.9. The van der Waals surface area contributed by atoms with Crippen molar-refractivity contribution in [1.82, 2.24) is 3.97 Å². The molecule has 8 heteroatoms. The third kappa shape index (κ3) is 2.00. The van der Waals surface area contributed by atoms with Crippen molar-refractivity contribution in [3.63, 3.8) is 0 Å². The first-order chi connectivity index (χ1) is 8.51. The molecule has 1 aromatic heterocycles. The molecule has 1 aromatic carbocycles. The second-order valence-corrected chi connectivity index (χ2v) is 5.07. The van der Waals surface area contributed by atoms with Crippen LogP contribution >= 0.6 is 39.9 Å². The van der Waals surface area contributed by atoms with Crippen molar-refractivity contribution in [2.45, 2.75) is 0 Å². The minimum absolute atomic E-state index is 0.109. The van der Waals surface area contributed by atoms with Crippen LogP contribution in [-0.2, 0) is 4.74 Å². The van der Waals surface area contributed by atoms with Crippen molar-refractivity contribution < 1.29 is 17.8 Å². The van der Waals surface area contributed by atoms with Gasteiger partial charge in [0.1, 0.15) is 11.2 Å². The van der Waals surface area contributed by atoms with E-state index in [4.69, 9.17) is 11.6 Å². The number of ether oxygens (including phenoxy) is 1. The van der Waals surface area contributed by atoms with Crippen molar-refractivity contribution in [3.8, 4) is 0 Å². The molecule has 1 heterocycles. The number of esters is 1. The summed E-state index contributed by atoms with van der Waals surface area (Å²) in [5.41, 5.74) is -0.218. The van der Waals surface area contributed by atoms with Gasteiger partial charge >= 0.3 is 5.97 Å². The molecule has 2 rings (SSSR count). The second-order valence-electron chi connectivity index (χ2n) is 3.30. The summed E-state index contributed by atoms with van der Waals surface area (Å²) in [4.78, 5) is 11.5. The first kappa shape index (κ1) is 13.6. The summed E-state index contributed by atoms with van der Waals surface area (Å²) in [5.74, 6) is -1.56. The molecule has 0 saturated heterocycles. The van der Waals surface area contributed by atoms with E-state index < -0.39 is 11.8 Å². The highest BCUT2D eigenvalue weighted by Crippen LogP contribution is 2.36. The molecule has 0 bridgehead atoms. The zero-order valence-corrected chi connectivity index (χ0v) is 12.0. The van der Waals surface area contributed by atoms with Gasteiger partial charge in [-0.3, -0.25) is 0 Å². The van der Waals surface area contributed by atoms with Crippen molar-refractivity contribution in [2.75, 3.05) is 7.11 Å². The van der Waals surface area contributed by atoms with Gasteiger partial charge in [-0.1, -0.05) is 27.5 Å². The van der Waals surface area contributed by atoms with Gasteiger partial charge in [-0.15, -0.1) is 3.89 Å². The molecule has 0 aliphatic heterocycles. The van der Waals surface area contributed by atoms with Crippen LogP contribution in [-0.4, -0.2) is 17.1 Å². The molecule has 0 saturated carbocycles. The minimum Gasteiger partial charge on any atom is -0.464 e. The molecule has 0 radical (unpaired) electrons. The molecule has 0 spiro atoms. The van der Waals surface area contributed by atoms with Crippen LogP contribution in [0.4, 0.5) is 8.28 Å². The van der Waals surface area contributed by atoms with Crippen LogP contribution in [0.3, 0.4) is 0 Å². The van der Waals surface area contributed by atoms with Gasteiger partial charge in [-0.2, -0.15) is 0 Å². The van der Waals surface area contributed by atoms with E-state index in [0.29, 0.717) is 9.86 Å². The van der Waals surface area contributed by atoms with E-state index in [1.807, 2.05) is 0 Å². The Hall–Kier alpha value is -0.790. The zero-order valence-electron chi connectivity index (χ0n) is 8.84. The smallest absolute Gasteiger partial charge is 0.355 e. The molecule has 18 heavy (non-hydrogen) atoms. The molecule has 0 unspecified atom stereocenters. The second kappa shape index (κ2) is 5.07. The third-order valence-corrected chi connectivity index (χ3v) is 3.80. The maximum absolute atomic E-state index is 13.9. The predicted molar refractivity (Wildman–Crippen MR) is 70.0 cm³/mol.